The fourth-order valence-corrected chi connectivity index (χ4v) is 3.71. The van der Waals surface area contributed by atoms with Crippen molar-refractivity contribution in [3.05, 3.63) is 22.4 Å². The Kier molecular flexibility index (Phi) is 4.47. The van der Waals surface area contributed by atoms with Crippen LogP contribution in [0.5, 0.6) is 0 Å². The van der Waals surface area contributed by atoms with Crippen LogP contribution in [0.4, 0.5) is 4.79 Å². The van der Waals surface area contributed by atoms with Gasteiger partial charge >= 0.3 is 6.03 Å². The summed E-state index contributed by atoms with van der Waals surface area (Å²) in [7, 11) is 0. The van der Waals surface area contributed by atoms with Crippen LogP contribution in [0.1, 0.15) is 30.6 Å². The molecular weight excluding hydrogens is 288 g/mol. The number of hydrogen-bond acceptors (Lipinski definition) is 4. The van der Waals surface area contributed by atoms with Gasteiger partial charge in [0.2, 0.25) is 0 Å². The zero-order valence-corrected chi connectivity index (χ0v) is 13.2. The van der Waals surface area contributed by atoms with Crippen molar-refractivity contribution in [2.24, 2.45) is 0 Å². The fraction of sp³-hybridized carbons (Fsp3) is 0.667. The van der Waals surface area contributed by atoms with Crippen LogP contribution >= 0.6 is 11.3 Å². The molecule has 0 bridgehead atoms. The van der Waals surface area contributed by atoms with Crippen LogP contribution in [-0.2, 0) is 9.47 Å². The van der Waals surface area contributed by atoms with Crippen LogP contribution in [0.2, 0.25) is 0 Å². The number of nitrogens with one attached hydrogen (secondary N) is 1. The molecule has 1 N–H and O–H groups in total. The van der Waals surface area contributed by atoms with Crippen molar-refractivity contribution in [2.75, 3.05) is 32.8 Å². The SMILES string of the molecule is C[C@H](CNC(=O)N1CCCC2(C1)OCCO2)c1cccs1. The lowest BCUT2D eigenvalue weighted by Gasteiger charge is -2.38. The molecule has 116 valence electrons. The summed E-state index contributed by atoms with van der Waals surface area (Å²) in [5.41, 5.74) is 0. The lowest BCUT2D eigenvalue weighted by atomic mass is 10.1. The van der Waals surface area contributed by atoms with Gasteiger partial charge in [-0.2, -0.15) is 0 Å². The summed E-state index contributed by atoms with van der Waals surface area (Å²) in [6.45, 7) is 5.35. The number of urea groups is 1. The second kappa shape index (κ2) is 6.34. The van der Waals surface area contributed by atoms with Crippen LogP contribution in [0, 0.1) is 0 Å². The number of hydrogen-bond donors (Lipinski definition) is 1. The highest BCUT2D eigenvalue weighted by atomic mass is 32.1. The van der Waals surface area contributed by atoms with Gasteiger partial charge in [0, 0.05) is 30.3 Å². The molecule has 0 aliphatic carbocycles. The largest absolute Gasteiger partial charge is 0.346 e. The number of ether oxygens (including phenoxy) is 2. The Bertz CT molecular complexity index is 471. The second-order valence-electron chi connectivity index (χ2n) is 5.74. The van der Waals surface area contributed by atoms with Gasteiger partial charge in [0.25, 0.3) is 0 Å². The number of carbonyl (C=O) groups is 1. The third-order valence-corrected chi connectivity index (χ3v) is 5.21. The van der Waals surface area contributed by atoms with Crippen LogP contribution in [0.15, 0.2) is 17.5 Å². The molecule has 0 radical (unpaired) electrons. The highest BCUT2D eigenvalue weighted by Gasteiger charge is 2.42. The van der Waals surface area contributed by atoms with Gasteiger partial charge < -0.3 is 19.7 Å². The summed E-state index contributed by atoms with van der Waals surface area (Å²) in [4.78, 5) is 15.4. The van der Waals surface area contributed by atoms with Gasteiger partial charge in [0.1, 0.15) is 0 Å². The molecule has 3 heterocycles. The number of nitrogens with zero attached hydrogens (tertiary/aromatic N) is 1. The molecule has 2 aliphatic rings. The number of thiophene rings is 1. The lowest BCUT2D eigenvalue weighted by molar-refractivity contribution is -0.182. The maximum atomic E-state index is 12.3. The molecule has 1 spiro atoms. The summed E-state index contributed by atoms with van der Waals surface area (Å²) < 4.78 is 11.4. The van der Waals surface area contributed by atoms with Crippen molar-refractivity contribution in [1.29, 1.82) is 0 Å². The zero-order valence-electron chi connectivity index (χ0n) is 12.3. The molecule has 6 heteroatoms. The van der Waals surface area contributed by atoms with Gasteiger partial charge in [0.15, 0.2) is 5.79 Å². The van der Waals surface area contributed by atoms with Gasteiger partial charge in [-0.25, -0.2) is 4.79 Å². The van der Waals surface area contributed by atoms with E-state index < -0.39 is 5.79 Å². The van der Waals surface area contributed by atoms with Gasteiger partial charge in [-0.1, -0.05) is 13.0 Å². The van der Waals surface area contributed by atoms with Crippen LogP contribution < -0.4 is 5.32 Å². The average Bonchev–Trinajstić information content (AvgIpc) is 3.16. The third-order valence-electron chi connectivity index (χ3n) is 4.11. The van der Waals surface area contributed by atoms with Crippen molar-refractivity contribution < 1.29 is 14.3 Å². The van der Waals surface area contributed by atoms with Crippen molar-refractivity contribution in [3.8, 4) is 0 Å². The molecule has 2 aliphatic heterocycles. The Labute approximate surface area is 129 Å². The Balaban J connectivity index is 1.51. The summed E-state index contributed by atoms with van der Waals surface area (Å²) in [6, 6.07) is 4.13. The smallest absolute Gasteiger partial charge is 0.317 e. The molecule has 2 amide bonds. The molecule has 21 heavy (non-hydrogen) atoms. The van der Waals surface area contributed by atoms with Gasteiger partial charge in [-0.15, -0.1) is 11.3 Å². The summed E-state index contributed by atoms with van der Waals surface area (Å²) >= 11 is 1.73. The van der Waals surface area contributed by atoms with Gasteiger partial charge in [0.05, 0.1) is 19.8 Å². The number of carbonyl (C=O) groups excluding carboxylic acids is 1. The van der Waals surface area contributed by atoms with E-state index in [1.54, 1.807) is 11.3 Å². The fourth-order valence-electron chi connectivity index (χ4n) is 2.92. The van der Waals surface area contributed by atoms with Crippen LogP contribution in [0.3, 0.4) is 0 Å². The Morgan fingerprint density at radius 1 is 1.52 bits per heavy atom. The van der Waals surface area contributed by atoms with E-state index in [1.807, 2.05) is 11.0 Å². The van der Waals surface area contributed by atoms with E-state index in [1.165, 1.54) is 4.88 Å². The number of rotatable bonds is 3. The maximum Gasteiger partial charge on any atom is 0.317 e. The second-order valence-corrected chi connectivity index (χ2v) is 6.71. The quantitative estimate of drug-likeness (QED) is 0.932. The van der Waals surface area contributed by atoms with E-state index in [2.05, 4.69) is 23.7 Å². The molecule has 1 aromatic heterocycles. The minimum atomic E-state index is -0.547. The normalized spacial score (nSPS) is 22.4. The van der Waals surface area contributed by atoms with Crippen molar-refractivity contribution in [2.45, 2.75) is 31.5 Å². The lowest BCUT2D eigenvalue weighted by Crippen LogP contribution is -2.54. The Morgan fingerprint density at radius 2 is 2.33 bits per heavy atom. The van der Waals surface area contributed by atoms with E-state index in [0.29, 0.717) is 32.2 Å². The molecule has 3 rings (SSSR count). The monoisotopic (exact) mass is 310 g/mol. The predicted octanol–water partition coefficient (Wildman–Crippen LogP) is 2.40. The Morgan fingerprint density at radius 3 is 3.05 bits per heavy atom. The van der Waals surface area contributed by atoms with Crippen molar-refractivity contribution >= 4 is 17.4 Å². The number of amides is 2. The minimum absolute atomic E-state index is 0.0171. The first-order chi connectivity index (χ1) is 10.2. The van der Waals surface area contributed by atoms with Crippen molar-refractivity contribution in [3.63, 3.8) is 0 Å². The maximum absolute atomic E-state index is 12.3. The summed E-state index contributed by atoms with van der Waals surface area (Å²) in [5, 5.41) is 5.10. The average molecular weight is 310 g/mol. The standard InChI is InChI=1S/C15H22N2O3S/c1-12(13-4-2-9-21-13)10-16-14(18)17-6-3-5-15(11-17)19-7-8-20-15/h2,4,9,12H,3,5-8,10-11H2,1H3,(H,16,18)/t12-/m1/s1. The molecule has 2 saturated heterocycles. The predicted molar refractivity (Wildman–Crippen MR) is 81.6 cm³/mol. The number of likely N-dealkylation sites (tertiary alicyclic amines) is 1. The molecule has 2 fully saturated rings. The van der Waals surface area contributed by atoms with E-state index in [9.17, 15) is 4.79 Å². The zero-order chi connectivity index (χ0) is 14.7. The van der Waals surface area contributed by atoms with Gasteiger partial charge in [-0.05, 0) is 17.9 Å². The molecule has 1 aromatic rings. The number of piperidine rings is 1. The van der Waals surface area contributed by atoms with E-state index >= 15 is 0 Å². The van der Waals surface area contributed by atoms with E-state index in [4.69, 9.17) is 9.47 Å². The summed E-state index contributed by atoms with van der Waals surface area (Å²) in [6.07, 6.45) is 1.80. The Hall–Kier alpha value is -1.11. The van der Waals surface area contributed by atoms with E-state index in [-0.39, 0.29) is 6.03 Å². The first kappa shape index (κ1) is 14.8. The molecular formula is C15H22N2O3S. The van der Waals surface area contributed by atoms with Crippen LogP contribution in [0.25, 0.3) is 0 Å². The molecule has 5 nitrogen and oxygen atoms in total. The first-order valence-corrected chi connectivity index (χ1v) is 8.41. The molecule has 1 atom stereocenters. The summed E-state index contributed by atoms with van der Waals surface area (Å²) in [5.74, 6) is -0.207. The van der Waals surface area contributed by atoms with Crippen LogP contribution in [-0.4, -0.2) is 49.6 Å². The molecule has 0 aromatic carbocycles. The molecule has 0 saturated carbocycles. The van der Waals surface area contributed by atoms with Crippen molar-refractivity contribution in [1.82, 2.24) is 10.2 Å². The van der Waals surface area contributed by atoms with Gasteiger partial charge in [-0.3, -0.25) is 0 Å². The first-order valence-electron chi connectivity index (χ1n) is 7.53. The van der Waals surface area contributed by atoms with E-state index in [0.717, 1.165) is 19.4 Å². The topological polar surface area (TPSA) is 50.8 Å². The molecule has 0 unspecified atom stereocenters. The highest BCUT2D eigenvalue weighted by molar-refractivity contribution is 7.10. The third kappa shape index (κ3) is 3.39. The highest BCUT2D eigenvalue weighted by Crippen LogP contribution is 2.30. The minimum Gasteiger partial charge on any atom is -0.346 e.